The summed E-state index contributed by atoms with van der Waals surface area (Å²) in [6, 6.07) is 3.62. The van der Waals surface area contributed by atoms with E-state index in [9.17, 15) is 14.0 Å². The number of nitrogens with zero attached hydrogens (tertiary/aromatic N) is 7. The second-order valence-electron chi connectivity index (χ2n) is 10.3. The maximum Gasteiger partial charge on any atom is 0.273 e. The lowest BCUT2D eigenvalue weighted by molar-refractivity contribution is -0.118. The lowest BCUT2D eigenvalue weighted by Gasteiger charge is -2.12. The summed E-state index contributed by atoms with van der Waals surface area (Å²) >= 11 is 5.90. The van der Waals surface area contributed by atoms with E-state index in [1.807, 2.05) is 10.6 Å². The number of Topliss-reactive ketones (excluding diaryl/α,β-unsaturated/α-hetero) is 1. The Bertz CT molecular complexity index is 1770. The molecule has 198 valence electrons. The van der Waals surface area contributed by atoms with Gasteiger partial charge in [-0.2, -0.15) is 0 Å². The largest absolute Gasteiger partial charge is 0.345 e. The summed E-state index contributed by atoms with van der Waals surface area (Å²) < 4.78 is 19.5. The first-order chi connectivity index (χ1) is 18.9. The van der Waals surface area contributed by atoms with Crippen molar-refractivity contribution >= 4 is 34.5 Å². The lowest BCUT2D eigenvalue weighted by atomic mass is 9.95. The summed E-state index contributed by atoms with van der Waals surface area (Å²) in [5, 5.41) is 10.8. The zero-order valence-electron chi connectivity index (χ0n) is 20.8. The van der Waals surface area contributed by atoms with Gasteiger partial charge in [0, 0.05) is 36.5 Å². The van der Waals surface area contributed by atoms with Crippen LogP contribution in [0.2, 0.25) is 5.02 Å². The molecule has 2 saturated carbocycles. The Morgan fingerprint density at radius 2 is 2.05 bits per heavy atom. The first-order valence-corrected chi connectivity index (χ1v) is 13.3. The van der Waals surface area contributed by atoms with E-state index >= 15 is 0 Å². The molecule has 7 rings (SSSR count). The van der Waals surface area contributed by atoms with Gasteiger partial charge in [0.1, 0.15) is 16.9 Å². The predicted octanol–water partition coefficient (Wildman–Crippen LogP) is 4.06. The standard InChI is InChI=1S/C27H24ClFN8O2/c28-20-6-7-35-14-31-21(25(35)24(20)29)9-30-27(39)22-13-37(34-33-22)12-17-11-36-10-16(15-4-5-15)8-19(26(36)32-17)18-2-1-3-23(18)38/h6-8,10-11,13-15,18H,1-5,9,12H2,(H,30,39). The lowest BCUT2D eigenvalue weighted by Crippen LogP contribution is -2.23. The van der Waals surface area contributed by atoms with Crippen LogP contribution in [0.1, 0.15) is 76.9 Å². The number of hydrogen-bond acceptors (Lipinski definition) is 6. The molecule has 5 aromatic heterocycles. The van der Waals surface area contributed by atoms with Crippen LogP contribution < -0.4 is 5.32 Å². The second kappa shape index (κ2) is 9.26. The number of fused-ring (bicyclic) bond motifs is 2. The number of aromatic nitrogens is 7. The molecular weight excluding hydrogens is 523 g/mol. The number of pyridine rings is 2. The second-order valence-corrected chi connectivity index (χ2v) is 10.7. The summed E-state index contributed by atoms with van der Waals surface area (Å²) in [5.41, 5.74) is 4.50. The molecular formula is C27H24ClFN8O2. The van der Waals surface area contributed by atoms with E-state index in [1.165, 1.54) is 35.2 Å². The molecule has 5 heterocycles. The van der Waals surface area contributed by atoms with E-state index in [0.29, 0.717) is 24.6 Å². The van der Waals surface area contributed by atoms with E-state index in [2.05, 4.69) is 32.9 Å². The molecule has 0 aliphatic heterocycles. The normalized spacial score (nSPS) is 17.5. The van der Waals surface area contributed by atoms with E-state index in [0.717, 1.165) is 29.7 Å². The highest BCUT2D eigenvalue weighted by Crippen LogP contribution is 2.42. The fourth-order valence-corrected chi connectivity index (χ4v) is 5.58. The minimum atomic E-state index is -0.593. The van der Waals surface area contributed by atoms with Crippen molar-refractivity contribution in [1.82, 2.24) is 39.1 Å². The molecule has 2 aliphatic carbocycles. The Balaban J connectivity index is 1.09. The van der Waals surface area contributed by atoms with Gasteiger partial charge in [-0.3, -0.25) is 9.59 Å². The van der Waals surface area contributed by atoms with Crippen LogP contribution >= 0.6 is 11.6 Å². The van der Waals surface area contributed by atoms with Gasteiger partial charge in [-0.1, -0.05) is 16.8 Å². The highest BCUT2D eigenvalue weighted by molar-refractivity contribution is 6.31. The Labute approximate surface area is 226 Å². The summed E-state index contributed by atoms with van der Waals surface area (Å²) in [7, 11) is 0. The molecule has 1 N–H and O–H groups in total. The van der Waals surface area contributed by atoms with Crippen LogP contribution in [0.3, 0.4) is 0 Å². The van der Waals surface area contributed by atoms with Crippen molar-refractivity contribution in [3.05, 3.63) is 82.3 Å². The van der Waals surface area contributed by atoms with Crippen molar-refractivity contribution < 1.29 is 14.0 Å². The first-order valence-electron chi connectivity index (χ1n) is 13.0. The van der Waals surface area contributed by atoms with Gasteiger partial charge in [0.25, 0.3) is 5.91 Å². The number of carbonyl (C=O) groups is 2. The summed E-state index contributed by atoms with van der Waals surface area (Å²) in [6.45, 7) is 0.312. The van der Waals surface area contributed by atoms with Crippen LogP contribution in [0.25, 0.3) is 11.2 Å². The minimum absolute atomic E-state index is 0.00210. The summed E-state index contributed by atoms with van der Waals surface area (Å²) in [4.78, 5) is 34.3. The van der Waals surface area contributed by atoms with Crippen molar-refractivity contribution in [1.29, 1.82) is 0 Å². The van der Waals surface area contributed by atoms with Crippen LogP contribution in [0.5, 0.6) is 0 Å². The quantitative estimate of drug-likeness (QED) is 0.329. The van der Waals surface area contributed by atoms with Gasteiger partial charge in [-0.25, -0.2) is 19.0 Å². The maximum absolute atomic E-state index is 14.5. The number of imidazole rings is 2. The van der Waals surface area contributed by atoms with Gasteiger partial charge in [-0.05, 0) is 49.3 Å². The van der Waals surface area contributed by atoms with Crippen molar-refractivity contribution in [3.63, 3.8) is 0 Å². The number of halogens is 2. The van der Waals surface area contributed by atoms with E-state index in [-0.39, 0.29) is 34.5 Å². The number of carbonyl (C=O) groups excluding carboxylic acids is 2. The number of nitrogens with one attached hydrogen (secondary N) is 1. The molecule has 5 aromatic rings. The van der Waals surface area contributed by atoms with E-state index in [1.54, 1.807) is 17.1 Å². The molecule has 39 heavy (non-hydrogen) atoms. The number of rotatable bonds is 7. The van der Waals surface area contributed by atoms with Crippen LogP contribution in [0.15, 0.2) is 43.2 Å². The number of hydrogen-bond donors (Lipinski definition) is 1. The van der Waals surface area contributed by atoms with Crippen LogP contribution in [0.4, 0.5) is 4.39 Å². The fraction of sp³-hybridized carbons (Fsp3) is 0.333. The van der Waals surface area contributed by atoms with Crippen LogP contribution in [-0.4, -0.2) is 45.5 Å². The van der Waals surface area contributed by atoms with Crippen LogP contribution in [-0.2, 0) is 17.9 Å². The van der Waals surface area contributed by atoms with Crippen molar-refractivity contribution in [3.8, 4) is 0 Å². The van der Waals surface area contributed by atoms with E-state index < -0.39 is 11.7 Å². The molecule has 1 atom stereocenters. The molecule has 0 bridgehead atoms. The SMILES string of the molecule is O=C(NCc1ncn2ccc(Cl)c(F)c12)c1cn(Cc2cn3cc(C4CC4)cc(C4CCCC4=O)c3n2)nn1. The molecule has 10 nitrogen and oxygen atoms in total. The molecule has 2 aliphatic rings. The van der Waals surface area contributed by atoms with Crippen molar-refractivity contribution in [2.45, 2.75) is 57.0 Å². The molecule has 12 heteroatoms. The zero-order chi connectivity index (χ0) is 26.7. The van der Waals surface area contributed by atoms with Crippen molar-refractivity contribution in [2.75, 3.05) is 0 Å². The van der Waals surface area contributed by atoms with Gasteiger partial charge in [0.2, 0.25) is 0 Å². The number of amides is 1. The minimum Gasteiger partial charge on any atom is -0.345 e. The summed E-state index contributed by atoms with van der Waals surface area (Å²) in [6.07, 6.45) is 13.4. The van der Waals surface area contributed by atoms with Gasteiger partial charge in [0.05, 0.1) is 42.0 Å². The third kappa shape index (κ3) is 4.36. The van der Waals surface area contributed by atoms with Gasteiger partial charge < -0.3 is 14.1 Å². The highest BCUT2D eigenvalue weighted by atomic mass is 35.5. The predicted molar refractivity (Wildman–Crippen MR) is 139 cm³/mol. The number of ketones is 1. The van der Waals surface area contributed by atoms with Gasteiger partial charge in [-0.15, -0.1) is 5.10 Å². The topological polar surface area (TPSA) is 111 Å². The van der Waals surface area contributed by atoms with Crippen molar-refractivity contribution in [2.24, 2.45) is 0 Å². The Morgan fingerprint density at radius 3 is 2.85 bits per heavy atom. The average Bonchev–Trinajstić information content (AvgIpc) is 3.26. The molecule has 0 spiro atoms. The third-order valence-corrected chi connectivity index (χ3v) is 7.85. The molecule has 0 aromatic carbocycles. The zero-order valence-corrected chi connectivity index (χ0v) is 21.6. The molecule has 1 amide bonds. The maximum atomic E-state index is 14.5. The van der Waals surface area contributed by atoms with Gasteiger partial charge in [0.15, 0.2) is 11.5 Å². The molecule has 0 radical (unpaired) electrons. The van der Waals surface area contributed by atoms with Crippen LogP contribution in [0, 0.1) is 5.82 Å². The Kier molecular flexibility index (Phi) is 5.69. The smallest absolute Gasteiger partial charge is 0.273 e. The van der Waals surface area contributed by atoms with Gasteiger partial charge >= 0.3 is 0 Å². The summed E-state index contributed by atoms with van der Waals surface area (Å²) in [5.74, 6) is -0.309. The fourth-order valence-electron chi connectivity index (χ4n) is 5.43. The Hall–Kier alpha value is -4.12. The third-order valence-electron chi connectivity index (χ3n) is 7.56. The van der Waals surface area contributed by atoms with E-state index in [4.69, 9.17) is 16.6 Å². The highest BCUT2D eigenvalue weighted by Gasteiger charge is 2.31. The monoisotopic (exact) mass is 546 g/mol. The molecule has 2 fully saturated rings. The first kappa shape index (κ1) is 24.0. The molecule has 1 unspecified atom stereocenters. The Morgan fingerprint density at radius 1 is 1.18 bits per heavy atom. The molecule has 0 saturated heterocycles. The average molecular weight is 547 g/mol.